The first-order valence-corrected chi connectivity index (χ1v) is 10.6. The van der Waals surface area contributed by atoms with Crippen LogP contribution < -0.4 is 5.32 Å². The molecular weight excluding hydrogens is 364 g/mol. The Kier molecular flexibility index (Phi) is 6.76. The highest BCUT2D eigenvalue weighted by Crippen LogP contribution is 2.33. The second-order valence-corrected chi connectivity index (χ2v) is 9.93. The minimum absolute atomic E-state index is 0.0555. The van der Waals surface area contributed by atoms with Crippen molar-refractivity contribution in [2.45, 2.75) is 58.9 Å². The first-order chi connectivity index (χ1) is 13.6. The summed E-state index contributed by atoms with van der Waals surface area (Å²) in [5, 5.41) is 12.0. The Morgan fingerprint density at radius 3 is 2.14 bits per heavy atom. The van der Waals surface area contributed by atoms with Gasteiger partial charge in [-0.25, -0.2) is 0 Å². The number of hydrogen-bond donors (Lipinski definition) is 1. The summed E-state index contributed by atoms with van der Waals surface area (Å²) in [6.07, 6.45) is 0. The molecule has 160 valence electrons. The zero-order valence-corrected chi connectivity index (χ0v) is 18.8. The van der Waals surface area contributed by atoms with Crippen LogP contribution in [0.2, 0.25) is 0 Å². The Labute approximate surface area is 175 Å². The molecule has 3 rings (SSSR count). The summed E-state index contributed by atoms with van der Waals surface area (Å²) in [6, 6.07) is 6.66. The van der Waals surface area contributed by atoms with Crippen molar-refractivity contribution in [1.82, 2.24) is 20.4 Å². The van der Waals surface area contributed by atoms with Crippen molar-refractivity contribution in [3.05, 3.63) is 35.2 Å². The quantitative estimate of drug-likeness (QED) is 0.745. The van der Waals surface area contributed by atoms with Gasteiger partial charge in [-0.2, -0.15) is 0 Å². The third-order valence-electron chi connectivity index (χ3n) is 5.36. The van der Waals surface area contributed by atoms with Crippen LogP contribution in [0.3, 0.4) is 0 Å². The summed E-state index contributed by atoms with van der Waals surface area (Å²) < 4.78 is 11.4. The lowest BCUT2D eigenvalue weighted by molar-refractivity contribution is 0.0383. The van der Waals surface area contributed by atoms with Gasteiger partial charge in [0, 0.05) is 31.7 Å². The van der Waals surface area contributed by atoms with Gasteiger partial charge in [0.05, 0.1) is 19.8 Å². The zero-order chi connectivity index (χ0) is 21.1. The van der Waals surface area contributed by atoms with E-state index in [1.807, 2.05) is 0 Å². The first kappa shape index (κ1) is 21.9. The van der Waals surface area contributed by atoms with Gasteiger partial charge in [-0.15, -0.1) is 10.2 Å². The molecule has 0 saturated carbocycles. The molecule has 2 aromatic rings. The molecular formula is C23H36N4O2. The molecule has 1 N–H and O–H groups in total. The van der Waals surface area contributed by atoms with E-state index in [0.717, 1.165) is 45.0 Å². The number of nitrogens with zero attached hydrogens (tertiary/aromatic N) is 3. The normalized spacial score (nSPS) is 16.3. The fraction of sp³-hybridized carbons (Fsp3) is 0.652. The molecule has 0 radical (unpaired) electrons. The van der Waals surface area contributed by atoms with Gasteiger partial charge in [0.15, 0.2) is 0 Å². The van der Waals surface area contributed by atoms with Crippen LogP contribution in [0.5, 0.6) is 0 Å². The molecule has 0 atom stereocenters. The van der Waals surface area contributed by atoms with Crippen molar-refractivity contribution in [3.63, 3.8) is 0 Å². The molecule has 1 aliphatic heterocycles. The van der Waals surface area contributed by atoms with Crippen molar-refractivity contribution in [2.24, 2.45) is 0 Å². The second-order valence-electron chi connectivity index (χ2n) is 9.93. The molecule has 6 nitrogen and oxygen atoms in total. The maximum absolute atomic E-state index is 5.98. The summed E-state index contributed by atoms with van der Waals surface area (Å²) in [4.78, 5) is 2.40. The predicted octanol–water partition coefficient (Wildman–Crippen LogP) is 3.75. The molecule has 0 unspecified atom stereocenters. The van der Waals surface area contributed by atoms with E-state index in [4.69, 9.17) is 9.15 Å². The van der Waals surface area contributed by atoms with Crippen molar-refractivity contribution in [3.8, 4) is 11.5 Å². The van der Waals surface area contributed by atoms with Crippen LogP contribution in [0.4, 0.5) is 0 Å². The van der Waals surface area contributed by atoms with Crippen LogP contribution in [-0.2, 0) is 22.1 Å². The zero-order valence-electron chi connectivity index (χ0n) is 18.8. The highest BCUT2D eigenvalue weighted by atomic mass is 16.5. The number of aromatic nitrogens is 2. The molecule has 6 heteroatoms. The van der Waals surface area contributed by atoms with Crippen LogP contribution in [0.25, 0.3) is 11.5 Å². The third kappa shape index (κ3) is 6.11. The van der Waals surface area contributed by atoms with E-state index < -0.39 is 0 Å². The van der Waals surface area contributed by atoms with Crippen LogP contribution in [0.15, 0.2) is 22.6 Å². The minimum atomic E-state index is 0.0555. The summed E-state index contributed by atoms with van der Waals surface area (Å²) in [5.41, 5.74) is 3.67. The average molecular weight is 401 g/mol. The molecule has 0 bridgehead atoms. The van der Waals surface area contributed by atoms with Crippen LogP contribution in [-0.4, -0.2) is 54.5 Å². The molecule has 1 aromatic heterocycles. The topological polar surface area (TPSA) is 63.4 Å². The lowest BCUT2D eigenvalue weighted by Crippen LogP contribution is -2.40. The van der Waals surface area contributed by atoms with Gasteiger partial charge < -0.3 is 14.5 Å². The second kappa shape index (κ2) is 8.94. The number of rotatable bonds is 6. The number of nitrogens with one attached hydrogen (secondary N) is 1. The molecule has 1 aliphatic rings. The van der Waals surface area contributed by atoms with E-state index >= 15 is 0 Å². The fourth-order valence-corrected chi connectivity index (χ4v) is 3.32. The van der Waals surface area contributed by atoms with Crippen LogP contribution in [0.1, 0.15) is 58.6 Å². The van der Waals surface area contributed by atoms with Crippen molar-refractivity contribution in [2.75, 3.05) is 39.4 Å². The van der Waals surface area contributed by atoms with Gasteiger partial charge in [-0.05, 0) is 34.1 Å². The molecule has 0 amide bonds. The smallest absolute Gasteiger partial charge is 0.247 e. The summed E-state index contributed by atoms with van der Waals surface area (Å²) >= 11 is 0. The van der Waals surface area contributed by atoms with Crippen molar-refractivity contribution >= 4 is 0 Å². The average Bonchev–Trinajstić information content (AvgIpc) is 3.13. The molecule has 0 spiro atoms. The molecule has 29 heavy (non-hydrogen) atoms. The van der Waals surface area contributed by atoms with Crippen molar-refractivity contribution in [1.29, 1.82) is 0 Å². The van der Waals surface area contributed by atoms with E-state index in [2.05, 4.69) is 80.2 Å². The Balaban J connectivity index is 1.67. The van der Waals surface area contributed by atoms with Gasteiger partial charge in [-0.1, -0.05) is 47.6 Å². The molecule has 2 heterocycles. The Morgan fingerprint density at radius 2 is 1.55 bits per heavy atom. The largest absolute Gasteiger partial charge is 0.419 e. The van der Waals surface area contributed by atoms with E-state index in [0.29, 0.717) is 18.3 Å². The Morgan fingerprint density at radius 1 is 0.931 bits per heavy atom. The van der Waals surface area contributed by atoms with Crippen LogP contribution in [0, 0.1) is 0 Å². The summed E-state index contributed by atoms with van der Waals surface area (Å²) in [5.74, 6) is 1.21. The van der Waals surface area contributed by atoms with Gasteiger partial charge in [0.25, 0.3) is 0 Å². The fourth-order valence-electron chi connectivity index (χ4n) is 3.32. The van der Waals surface area contributed by atoms with Gasteiger partial charge in [0.1, 0.15) is 0 Å². The van der Waals surface area contributed by atoms with Gasteiger partial charge in [-0.3, -0.25) is 4.90 Å². The molecule has 1 saturated heterocycles. The standard InChI is InChI=1S/C23H36N4O2/c1-22(2,3)18-13-17(14-19(15-18)23(4,5)6)21-26-25-20(29-21)16-24-7-8-27-9-11-28-12-10-27/h13-15,24H,7-12,16H2,1-6H3. The molecule has 1 aromatic carbocycles. The summed E-state index contributed by atoms with van der Waals surface area (Å²) in [6.45, 7) is 19.6. The SMILES string of the molecule is CC(C)(C)c1cc(-c2nnc(CNCCN3CCOCC3)o2)cc(C(C)(C)C)c1. The number of benzene rings is 1. The van der Waals surface area contributed by atoms with Gasteiger partial charge in [0.2, 0.25) is 11.8 Å². The minimum Gasteiger partial charge on any atom is -0.419 e. The van der Waals surface area contributed by atoms with Crippen molar-refractivity contribution < 1.29 is 9.15 Å². The maximum atomic E-state index is 5.98. The van der Waals surface area contributed by atoms with Gasteiger partial charge >= 0.3 is 0 Å². The number of hydrogen-bond acceptors (Lipinski definition) is 6. The highest BCUT2D eigenvalue weighted by Gasteiger charge is 2.22. The number of morpholine rings is 1. The van der Waals surface area contributed by atoms with E-state index in [-0.39, 0.29) is 10.8 Å². The molecule has 0 aliphatic carbocycles. The van der Waals surface area contributed by atoms with E-state index in [9.17, 15) is 0 Å². The Bertz CT molecular complexity index is 764. The lowest BCUT2D eigenvalue weighted by Gasteiger charge is -2.26. The number of ether oxygens (including phenoxy) is 1. The molecule has 1 fully saturated rings. The monoisotopic (exact) mass is 400 g/mol. The highest BCUT2D eigenvalue weighted by molar-refractivity contribution is 5.57. The third-order valence-corrected chi connectivity index (χ3v) is 5.36. The maximum Gasteiger partial charge on any atom is 0.247 e. The Hall–Kier alpha value is -1.76. The first-order valence-electron chi connectivity index (χ1n) is 10.6. The van der Waals surface area contributed by atoms with E-state index in [1.165, 1.54) is 11.1 Å². The van der Waals surface area contributed by atoms with Crippen LogP contribution >= 0.6 is 0 Å². The van der Waals surface area contributed by atoms with E-state index in [1.54, 1.807) is 0 Å². The predicted molar refractivity (Wildman–Crippen MR) is 116 cm³/mol. The summed E-state index contributed by atoms with van der Waals surface area (Å²) in [7, 11) is 0. The lowest BCUT2D eigenvalue weighted by atomic mass is 9.79.